The number of carbonyl (C=O) groups is 2. The molecule has 0 saturated carbocycles. The van der Waals surface area contributed by atoms with Gasteiger partial charge in [-0.1, -0.05) is 34.8 Å². The first kappa shape index (κ1) is 22.4. The first-order valence-corrected chi connectivity index (χ1v) is 10.9. The Morgan fingerprint density at radius 3 is 2.40 bits per heavy atom. The minimum absolute atomic E-state index is 0.138. The topological polar surface area (TPSA) is 125 Å². The monoisotopic (exact) mass is 489 g/mol. The number of hydrogen-bond acceptors (Lipinski definition) is 5. The zero-order valence-corrected chi connectivity index (χ0v) is 18.2. The van der Waals surface area contributed by atoms with Gasteiger partial charge in [0, 0.05) is 33.9 Å². The summed E-state index contributed by atoms with van der Waals surface area (Å²) in [6, 6.07) is 5.44. The summed E-state index contributed by atoms with van der Waals surface area (Å²) in [6.07, 6.45) is 1.18. The number of carboxylic acid groups (broad SMARTS) is 1. The highest BCUT2D eigenvalue weighted by molar-refractivity contribution is 7.89. The van der Waals surface area contributed by atoms with Gasteiger partial charge in [-0.3, -0.25) is 4.79 Å². The standard InChI is InChI=1S/C18H14Cl3N3O5S/c1-22-17(25)8-2-3-15(10(20)4-8)30(28,29)24-13-7-14(18(26)27)23-12-6-9(19)5-11(21)16(12)13/h2-7,13,23-24H,1H3,(H,22,25)(H,26,27). The van der Waals surface area contributed by atoms with E-state index < -0.39 is 27.9 Å². The van der Waals surface area contributed by atoms with Gasteiger partial charge in [-0.2, -0.15) is 4.72 Å². The van der Waals surface area contributed by atoms with Crippen molar-refractivity contribution in [2.24, 2.45) is 0 Å². The van der Waals surface area contributed by atoms with Crippen LogP contribution in [0.2, 0.25) is 15.1 Å². The van der Waals surface area contributed by atoms with Crippen LogP contribution in [0.25, 0.3) is 0 Å². The van der Waals surface area contributed by atoms with Gasteiger partial charge >= 0.3 is 5.97 Å². The van der Waals surface area contributed by atoms with Gasteiger partial charge in [0.25, 0.3) is 5.91 Å². The van der Waals surface area contributed by atoms with Crippen LogP contribution in [-0.2, 0) is 14.8 Å². The number of hydrogen-bond donors (Lipinski definition) is 4. The number of rotatable bonds is 5. The van der Waals surface area contributed by atoms with Crippen molar-refractivity contribution < 1.29 is 23.1 Å². The second kappa shape index (κ2) is 8.44. The van der Waals surface area contributed by atoms with E-state index in [1.807, 2.05) is 0 Å². The van der Waals surface area contributed by atoms with Crippen LogP contribution in [0, 0.1) is 0 Å². The lowest BCUT2D eigenvalue weighted by Gasteiger charge is -2.26. The molecule has 0 spiro atoms. The molecule has 30 heavy (non-hydrogen) atoms. The molecule has 1 aliphatic rings. The lowest BCUT2D eigenvalue weighted by molar-refractivity contribution is -0.132. The molecule has 0 aromatic heterocycles. The van der Waals surface area contributed by atoms with E-state index in [1.54, 1.807) is 0 Å². The Morgan fingerprint density at radius 2 is 1.80 bits per heavy atom. The molecule has 158 valence electrons. The van der Waals surface area contributed by atoms with Crippen molar-refractivity contribution >= 4 is 62.4 Å². The summed E-state index contributed by atoms with van der Waals surface area (Å²) in [5.41, 5.74) is 0.475. The number of amides is 1. The minimum atomic E-state index is -4.23. The van der Waals surface area contributed by atoms with Crippen LogP contribution >= 0.6 is 34.8 Å². The number of halogens is 3. The van der Waals surface area contributed by atoms with E-state index in [2.05, 4.69) is 15.4 Å². The maximum absolute atomic E-state index is 13.0. The molecule has 1 aliphatic heterocycles. The molecule has 2 aromatic rings. The van der Waals surface area contributed by atoms with Crippen molar-refractivity contribution in [3.05, 3.63) is 68.3 Å². The Morgan fingerprint density at radius 1 is 1.10 bits per heavy atom. The highest BCUT2D eigenvalue weighted by atomic mass is 35.5. The van der Waals surface area contributed by atoms with Crippen LogP contribution in [0.3, 0.4) is 0 Å². The molecule has 0 aliphatic carbocycles. The number of nitrogens with one attached hydrogen (secondary N) is 3. The quantitative estimate of drug-likeness (QED) is 0.509. The number of carboxylic acids is 1. The number of carbonyl (C=O) groups excluding carboxylic acids is 1. The highest BCUT2D eigenvalue weighted by Gasteiger charge is 2.30. The van der Waals surface area contributed by atoms with E-state index in [1.165, 1.54) is 43.5 Å². The average molecular weight is 491 g/mol. The largest absolute Gasteiger partial charge is 0.477 e. The molecule has 2 aromatic carbocycles. The summed E-state index contributed by atoms with van der Waals surface area (Å²) < 4.78 is 28.3. The van der Waals surface area contributed by atoms with E-state index in [9.17, 15) is 23.1 Å². The van der Waals surface area contributed by atoms with Gasteiger partial charge in [-0.05, 0) is 36.4 Å². The summed E-state index contributed by atoms with van der Waals surface area (Å²) >= 11 is 18.3. The van der Waals surface area contributed by atoms with Gasteiger partial charge in [0.05, 0.1) is 11.1 Å². The summed E-state index contributed by atoms with van der Waals surface area (Å²) in [4.78, 5) is 22.9. The van der Waals surface area contributed by atoms with Gasteiger partial charge in [0.1, 0.15) is 10.6 Å². The van der Waals surface area contributed by atoms with Crippen molar-refractivity contribution in [3.63, 3.8) is 0 Å². The van der Waals surface area contributed by atoms with Crippen LogP contribution < -0.4 is 15.4 Å². The third kappa shape index (κ3) is 4.40. The fraction of sp³-hybridized carbons (Fsp3) is 0.111. The maximum atomic E-state index is 13.0. The summed E-state index contributed by atoms with van der Waals surface area (Å²) in [7, 11) is -2.80. The van der Waals surface area contributed by atoms with E-state index in [0.717, 1.165) is 0 Å². The third-order valence-corrected chi connectivity index (χ3v) is 6.69. The maximum Gasteiger partial charge on any atom is 0.352 e. The van der Waals surface area contributed by atoms with Crippen molar-refractivity contribution in [1.29, 1.82) is 0 Å². The average Bonchev–Trinajstić information content (AvgIpc) is 2.65. The first-order valence-electron chi connectivity index (χ1n) is 8.28. The van der Waals surface area contributed by atoms with Gasteiger partial charge in [-0.25, -0.2) is 13.2 Å². The number of sulfonamides is 1. The molecule has 0 saturated heterocycles. The molecule has 0 fully saturated rings. The highest BCUT2D eigenvalue weighted by Crippen LogP contribution is 2.39. The Labute approximate surface area is 186 Å². The van der Waals surface area contributed by atoms with Crippen molar-refractivity contribution in [3.8, 4) is 0 Å². The van der Waals surface area contributed by atoms with Gasteiger partial charge in [-0.15, -0.1) is 0 Å². The van der Waals surface area contributed by atoms with E-state index >= 15 is 0 Å². The Kier molecular flexibility index (Phi) is 6.30. The lowest BCUT2D eigenvalue weighted by atomic mass is 10.0. The predicted molar refractivity (Wildman–Crippen MR) is 114 cm³/mol. The summed E-state index contributed by atoms with van der Waals surface area (Å²) in [6.45, 7) is 0. The van der Waals surface area contributed by atoms with Gasteiger partial charge in [0.2, 0.25) is 10.0 Å². The Bertz CT molecular complexity index is 1200. The molecule has 0 bridgehead atoms. The normalized spacial score (nSPS) is 15.6. The van der Waals surface area contributed by atoms with Crippen molar-refractivity contribution in [1.82, 2.24) is 10.0 Å². The first-order chi connectivity index (χ1) is 14.0. The molecular weight excluding hydrogens is 477 g/mol. The molecule has 12 heteroatoms. The molecule has 4 N–H and O–H groups in total. The van der Waals surface area contributed by atoms with Crippen LogP contribution in [0.4, 0.5) is 5.69 Å². The van der Waals surface area contributed by atoms with E-state index in [0.29, 0.717) is 5.56 Å². The summed E-state index contributed by atoms with van der Waals surface area (Å²) in [5, 5.41) is 14.6. The number of aliphatic carboxylic acids is 1. The van der Waals surface area contributed by atoms with Crippen LogP contribution in [0.5, 0.6) is 0 Å². The van der Waals surface area contributed by atoms with E-state index in [4.69, 9.17) is 34.8 Å². The fourth-order valence-corrected chi connectivity index (χ4v) is 5.20. The smallest absolute Gasteiger partial charge is 0.352 e. The molecule has 0 radical (unpaired) electrons. The number of benzene rings is 2. The number of fused-ring (bicyclic) bond motifs is 1. The zero-order valence-electron chi connectivity index (χ0n) is 15.2. The molecule has 1 atom stereocenters. The van der Waals surface area contributed by atoms with Crippen LogP contribution in [-0.4, -0.2) is 32.4 Å². The van der Waals surface area contributed by atoms with Crippen LogP contribution in [0.15, 0.2) is 47.0 Å². The second-order valence-corrected chi connectivity index (χ2v) is 9.12. The molecule has 1 amide bonds. The third-order valence-electron chi connectivity index (χ3n) is 4.23. The molecule has 8 nitrogen and oxygen atoms in total. The molecule has 1 unspecified atom stereocenters. The SMILES string of the molecule is CNC(=O)c1ccc(S(=O)(=O)NC2C=C(C(=O)O)Nc3cc(Cl)cc(Cl)c32)c(Cl)c1. The Hall–Kier alpha value is -2.30. The zero-order chi connectivity index (χ0) is 22.2. The minimum Gasteiger partial charge on any atom is -0.477 e. The van der Waals surface area contributed by atoms with E-state index in [-0.39, 0.29) is 36.9 Å². The van der Waals surface area contributed by atoms with Crippen molar-refractivity contribution in [2.75, 3.05) is 12.4 Å². The van der Waals surface area contributed by atoms with Crippen LogP contribution in [0.1, 0.15) is 22.0 Å². The van der Waals surface area contributed by atoms with Gasteiger partial charge < -0.3 is 15.7 Å². The lowest BCUT2D eigenvalue weighted by Crippen LogP contribution is -2.32. The predicted octanol–water partition coefficient (Wildman–Crippen LogP) is 3.42. The summed E-state index contributed by atoms with van der Waals surface area (Å²) in [5.74, 6) is -1.73. The fourth-order valence-electron chi connectivity index (χ4n) is 2.89. The molecule has 1 heterocycles. The van der Waals surface area contributed by atoms with Crippen molar-refractivity contribution in [2.45, 2.75) is 10.9 Å². The number of anilines is 1. The Balaban J connectivity index is 2.04. The molecular formula is C18H14Cl3N3O5S. The van der Waals surface area contributed by atoms with Gasteiger partial charge in [0.15, 0.2) is 0 Å². The second-order valence-electron chi connectivity index (χ2n) is 6.18. The molecule has 3 rings (SSSR count).